The molecular weight excluding hydrogens is 238 g/mol. The van der Waals surface area contributed by atoms with Gasteiger partial charge in [-0.15, -0.1) is 0 Å². The van der Waals surface area contributed by atoms with E-state index in [1.165, 1.54) is 19.1 Å². The summed E-state index contributed by atoms with van der Waals surface area (Å²) in [7, 11) is -2.92. The van der Waals surface area contributed by atoms with Crippen molar-refractivity contribution in [1.29, 1.82) is 0 Å². The van der Waals surface area contributed by atoms with Gasteiger partial charge < -0.3 is 5.32 Å². The smallest absolute Gasteiger partial charge is 0.149 e. The molecule has 0 atom stereocenters. The van der Waals surface area contributed by atoms with Crippen LogP contribution in [0.15, 0.2) is 6.20 Å². The van der Waals surface area contributed by atoms with Gasteiger partial charge in [-0.1, -0.05) is 0 Å². The molecule has 96 valence electrons. The van der Waals surface area contributed by atoms with Gasteiger partial charge in [0, 0.05) is 30.1 Å². The summed E-state index contributed by atoms with van der Waals surface area (Å²) < 4.78 is 24.0. The van der Waals surface area contributed by atoms with E-state index in [1.807, 2.05) is 13.1 Å². The lowest BCUT2D eigenvalue weighted by molar-refractivity contribution is 0.581. The Kier molecular flexibility index (Phi) is 3.53. The van der Waals surface area contributed by atoms with Crippen LogP contribution in [0.5, 0.6) is 0 Å². The molecule has 0 saturated heterocycles. The molecule has 17 heavy (non-hydrogen) atoms. The Hall–Kier alpha value is -0.880. The zero-order valence-electron chi connectivity index (χ0n) is 10.3. The molecule has 0 aromatic carbocycles. The maximum absolute atomic E-state index is 11.1. The van der Waals surface area contributed by atoms with Gasteiger partial charge >= 0.3 is 0 Å². The first kappa shape index (κ1) is 12.6. The zero-order valence-corrected chi connectivity index (χ0v) is 11.1. The van der Waals surface area contributed by atoms with Gasteiger partial charge in [0.05, 0.1) is 18.5 Å². The van der Waals surface area contributed by atoms with Crippen molar-refractivity contribution < 1.29 is 8.42 Å². The van der Waals surface area contributed by atoms with Crippen LogP contribution in [0.3, 0.4) is 0 Å². The number of rotatable bonds is 6. The summed E-state index contributed by atoms with van der Waals surface area (Å²) >= 11 is 0. The highest BCUT2D eigenvalue weighted by molar-refractivity contribution is 7.90. The van der Waals surface area contributed by atoms with Gasteiger partial charge in [-0.05, 0) is 19.8 Å². The Labute approximate surface area is 102 Å². The van der Waals surface area contributed by atoms with Crippen LogP contribution in [-0.4, -0.2) is 36.2 Å². The Morgan fingerprint density at radius 2 is 2.24 bits per heavy atom. The van der Waals surface area contributed by atoms with E-state index >= 15 is 0 Å². The molecule has 1 aliphatic rings. The molecule has 0 unspecified atom stereocenters. The summed E-state index contributed by atoms with van der Waals surface area (Å²) in [6.07, 6.45) is 5.61. The Bertz CT molecular complexity index is 489. The molecule has 5 nitrogen and oxygen atoms in total. The lowest BCUT2D eigenvalue weighted by Gasteiger charge is -2.05. The van der Waals surface area contributed by atoms with E-state index in [4.69, 9.17) is 0 Å². The van der Waals surface area contributed by atoms with Gasteiger partial charge in [-0.25, -0.2) is 8.42 Å². The molecular formula is C11H19N3O2S. The lowest BCUT2D eigenvalue weighted by Crippen LogP contribution is -2.16. The van der Waals surface area contributed by atoms with Crippen LogP contribution in [0.2, 0.25) is 0 Å². The summed E-state index contributed by atoms with van der Waals surface area (Å²) in [5.74, 6) is 0.144. The molecule has 0 radical (unpaired) electrons. The van der Waals surface area contributed by atoms with Crippen LogP contribution in [0, 0.1) is 6.92 Å². The predicted octanol–water partition coefficient (Wildman–Crippen LogP) is 0.488. The van der Waals surface area contributed by atoms with Crippen LogP contribution in [0.4, 0.5) is 0 Å². The number of hydrogen-bond acceptors (Lipinski definition) is 4. The van der Waals surface area contributed by atoms with Crippen molar-refractivity contribution in [2.24, 2.45) is 0 Å². The quantitative estimate of drug-likeness (QED) is 0.805. The van der Waals surface area contributed by atoms with Crippen LogP contribution in [0.25, 0.3) is 0 Å². The van der Waals surface area contributed by atoms with Crippen LogP contribution in [0.1, 0.15) is 24.1 Å². The number of nitrogens with one attached hydrogen (secondary N) is 1. The van der Waals surface area contributed by atoms with Crippen LogP contribution < -0.4 is 5.32 Å². The molecule has 0 aliphatic heterocycles. The number of aryl methyl sites for hydroxylation is 1. The number of hydrogen-bond donors (Lipinski definition) is 1. The van der Waals surface area contributed by atoms with E-state index in [0.717, 1.165) is 17.8 Å². The monoisotopic (exact) mass is 257 g/mol. The molecule has 1 fully saturated rings. The van der Waals surface area contributed by atoms with Gasteiger partial charge in [0.15, 0.2) is 0 Å². The Balaban J connectivity index is 1.93. The van der Waals surface area contributed by atoms with Gasteiger partial charge in [-0.2, -0.15) is 5.10 Å². The normalized spacial score (nSPS) is 16.4. The fourth-order valence-corrected chi connectivity index (χ4v) is 2.18. The standard InChI is InChI=1S/C11H19N3O2S/c1-9-10(7-12-11-3-4-11)8-13-14(9)5-6-17(2,15)16/h8,11-12H,3-7H2,1-2H3. The largest absolute Gasteiger partial charge is 0.310 e. The van der Waals surface area contributed by atoms with Crippen LogP contribution >= 0.6 is 0 Å². The fraction of sp³-hybridized carbons (Fsp3) is 0.727. The molecule has 6 heteroatoms. The first-order chi connectivity index (χ1) is 7.96. The SMILES string of the molecule is Cc1c(CNC2CC2)cnn1CCS(C)(=O)=O. The fourth-order valence-electron chi connectivity index (χ4n) is 1.68. The van der Waals surface area contributed by atoms with Crippen molar-refractivity contribution in [3.8, 4) is 0 Å². The van der Waals surface area contributed by atoms with E-state index < -0.39 is 9.84 Å². The molecule has 1 saturated carbocycles. The van der Waals surface area contributed by atoms with Gasteiger partial charge in [-0.3, -0.25) is 4.68 Å². The second-order valence-corrected chi connectivity index (χ2v) is 7.02. The first-order valence-electron chi connectivity index (χ1n) is 5.88. The second kappa shape index (κ2) is 4.78. The highest BCUT2D eigenvalue weighted by Gasteiger charge is 2.20. The third-order valence-corrected chi connectivity index (χ3v) is 3.96. The number of nitrogens with zero attached hydrogens (tertiary/aromatic N) is 2. The van der Waals surface area contributed by atoms with E-state index in [0.29, 0.717) is 12.6 Å². The average Bonchev–Trinajstić information content (AvgIpc) is 2.98. The highest BCUT2D eigenvalue weighted by atomic mass is 32.2. The maximum atomic E-state index is 11.1. The van der Waals surface area contributed by atoms with Crippen molar-refractivity contribution >= 4 is 9.84 Å². The minimum atomic E-state index is -2.92. The Morgan fingerprint density at radius 3 is 2.82 bits per heavy atom. The minimum Gasteiger partial charge on any atom is -0.310 e. The molecule has 1 aromatic heterocycles. The summed E-state index contributed by atoms with van der Waals surface area (Å²) in [5, 5.41) is 7.66. The maximum Gasteiger partial charge on any atom is 0.149 e. The molecule has 1 aliphatic carbocycles. The number of sulfone groups is 1. The molecule has 2 rings (SSSR count). The predicted molar refractivity (Wildman–Crippen MR) is 66.5 cm³/mol. The summed E-state index contributed by atoms with van der Waals surface area (Å²) in [4.78, 5) is 0. The molecule has 1 aromatic rings. The summed E-state index contributed by atoms with van der Waals surface area (Å²) in [6, 6.07) is 0.675. The lowest BCUT2D eigenvalue weighted by atomic mass is 10.2. The van der Waals surface area contributed by atoms with Gasteiger partial charge in [0.1, 0.15) is 9.84 Å². The summed E-state index contributed by atoms with van der Waals surface area (Å²) in [6.45, 7) is 3.25. The second-order valence-electron chi connectivity index (χ2n) is 4.76. The van der Waals surface area contributed by atoms with Gasteiger partial charge in [0.25, 0.3) is 0 Å². The van der Waals surface area contributed by atoms with E-state index in [-0.39, 0.29) is 5.75 Å². The first-order valence-corrected chi connectivity index (χ1v) is 7.94. The molecule has 0 bridgehead atoms. The van der Waals surface area contributed by atoms with Crippen molar-refractivity contribution in [2.75, 3.05) is 12.0 Å². The minimum absolute atomic E-state index is 0.144. The third kappa shape index (κ3) is 3.81. The molecule has 1 N–H and O–H groups in total. The molecule has 1 heterocycles. The van der Waals surface area contributed by atoms with Crippen LogP contribution in [-0.2, 0) is 22.9 Å². The molecule has 0 amide bonds. The van der Waals surface area contributed by atoms with Crippen molar-refractivity contribution in [3.05, 3.63) is 17.5 Å². The Morgan fingerprint density at radius 1 is 1.53 bits per heavy atom. The summed E-state index contributed by atoms with van der Waals surface area (Å²) in [5.41, 5.74) is 2.22. The third-order valence-electron chi connectivity index (χ3n) is 3.04. The average molecular weight is 257 g/mol. The topological polar surface area (TPSA) is 64.0 Å². The van der Waals surface area contributed by atoms with E-state index in [9.17, 15) is 8.42 Å². The van der Waals surface area contributed by atoms with Crippen molar-refractivity contribution in [2.45, 2.75) is 38.9 Å². The number of aromatic nitrogens is 2. The van der Waals surface area contributed by atoms with Crippen molar-refractivity contribution in [3.63, 3.8) is 0 Å². The van der Waals surface area contributed by atoms with Crippen molar-refractivity contribution in [1.82, 2.24) is 15.1 Å². The highest BCUT2D eigenvalue weighted by Crippen LogP contribution is 2.19. The van der Waals surface area contributed by atoms with E-state index in [2.05, 4.69) is 10.4 Å². The van der Waals surface area contributed by atoms with Gasteiger partial charge in [0.2, 0.25) is 0 Å². The molecule has 0 spiro atoms. The van der Waals surface area contributed by atoms with E-state index in [1.54, 1.807) is 4.68 Å². The zero-order chi connectivity index (χ0) is 12.5.